The van der Waals surface area contributed by atoms with Gasteiger partial charge in [-0.15, -0.1) is 0 Å². The first-order valence-corrected chi connectivity index (χ1v) is 10.3. The molecule has 0 radical (unpaired) electrons. The lowest BCUT2D eigenvalue weighted by atomic mass is 9.89. The number of esters is 1. The van der Waals surface area contributed by atoms with E-state index in [2.05, 4.69) is 4.72 Å². The van der Waals surface area contributed by atoms with E-state index in [9.17, 15) is 13.2 Å². The van der Waals surface area contributed by atoms with E-state index < -0.39 is 15.3 Å². The van der Waals surface area contributed by atoms with Gasteiger partial charge in [0.15, 0.2) is 0 Å². The van der Waals surface area contributed by atoms with Crippen molar-refractivity contribution in [2.75, 3.05) is 19.8 Å². The number of hydrogen-bond donors (Lipinski definition) is 1. The molecule has 1 N–H and O–H groups in total. The third-order valence-electron chi connectivity index (χ3n) is 4.42. The Morgan fingerprint density at radius 1 is 1.16 bits per heavy atom. The summed E-state index contributed by atoms with van der Waals surface area (Å²) in [6, 6.07) is 9.53. The molecule has 1 aromatic rings. The molecule has 1 aromatic carbocycles. The van der Waals surface area contributed by atoms with Gasteiger partial charge in [0.25, 0.3) is 0 Å². The van der Waals surface area contributed by atoms with Crippen molar-refractivity contribution in [2.45, 2.75) is 44.5 Å². The molecule has 1 saturated carbocycles. The number of hydrogen-bond acceptors (Lipinski definition) is 5. The van der Waals surface area contributed by atoms with Gasteiger partial charge in [0.05, 0.1) is 17.8 Å². The number of rotatable bonds is 9. The topological polar surface area (TPSA) is 81.7 Å². The molecule has 1 fully saturated rings. The molecule has 0 bridgehead atoms. The zero-order valence-electron chi connectivity index (χ0n) is 14.6. The molecular weight excluding hydrogens is 342 g/mol. The zero-order chi connectivity index (χ0) is 18.1. The maximum atomic E-state index is 12.3. The Kier molecular flexibility index (Phi) is 7.87. The van der Waals surface area contributed by atoms with Crippen LogP contribution in [0.5, 0.6) is 0 Å². The van der Waals surface area contributed by atoms with Crippen LogP contribution in [0.15, 0.2) is 30.3 Å². The normalized spacial score (nSPS) is 21.0. The summed E-state index contributed by atoms with van der Waals surface area (Å²) in [5.41, 5.74) is 0.950. The maximum absolute atomic E-state index is 12.3. The molecule has 140 valence electrons. The van der Waals surface area contributed by atoms with Gasteiger partial charge in [-0.05, 0) is 38.2 Å². The van der Waals surface area contributed by atoms with Crippen LogP contribution >= 0.6 is 0 Å². The Balaban J connectivity index is 1.73. The van der Waals surface area contributed by atoms with Gasteiger partial charge in [-0.3, -0.25) is 4.79 Å². The predicted octanol–water partition coefficient (Wildman–Crippen LogP) is 2.24. The average molecular weight is 369 g/mol. The second kappa shape index (κ2) is 9.89. The van der Waals surface area contributed by atoms with Crippen molar-refractivity contribution in [3.05, 3.63) is 35.9 Å². The minimum atomic E-state index is -3.35. The molecule has 1 aliphatic carbocycles. The summed E-state index contributed by atoms with van der Waals surface area (Å²) in [5, 5.41) is -0.438. The number of nitrogens with one attached hydrogen (secondary N) is 1. The van der Waals surface area contributed by atoms with Crippen LogP contribution in [0.4, 0.5) is 0 Å². The van der Waals surface area contributed by atoms with E-state index in [0.29, 0.717) is 38.9 Å². The van der Waals surface area contributed by atoms with Gasteiger partial charge < -0.3 is 9.47 Å². The van der Waals surface area contributed by atoms with Gasteiger partial charge in [-0.2, -0.15) is 0 Å². The molecule has 0 unspecified atom stereocenters. The fourth-order valence-corrected chi connectivity index (χ4v) is 4.47. The van der Waals surface area contributed by atoms with Crippen molar-refractivity contribution in [3.8, 4) is 0 Å². The van der Waals surface area contributed by atoms with E-state index in [4.69, 9.17) is 9.47 Å². The lowest BCUT2D eigenvalue weighted by molar-refractivity contribution is -0.151. The van der Waals surface area contributed by atoms with E-state index in [1.54, 1.807) is 0 Å². The highest BCUT2D eigenvalue weighted by Crippen LogP contribution is 2.29. The number of carbonyl (C=O) groups excluding carboxylic acids is 1. The third kappa shape index (κ3) is 6.41. The first-order valence-electron chi connectivity index (χ1n) is 8.79. The summed E-state index contributed by atoms with van der Waals surface area (Å²) < 4.78 is 37.6. The lowest BCUT2D eigenvalue weighted by Crippen LogP contribution is -2.39. The zero-order valence-corrected chi connectivity index (χ0v) is 15.5. The van der Waals surface area contributed by atoms with Crippen LogP contribution in [0, 0.1) is 5.92 Å². The number of carbonyl (C=O) groups is 1. The van der Waals surface area contributed by atoms with E-state index >= 15 is 0 Å². The molecule has 0 amide bonds. The molecular formula is C18H27NO5S. The summed E-state index contributed by atoms with van der Waals surface area (Å²) in [6.45, 7) is 3.35. The van der Waals surface area contributed by atoms with Gasteiger partial charge in [-0.1, -0.05) is 30.3 Å². The fraction of sp³-hybridized carbons (Fsp3) is 0.611. The standard InChI is InChI=1S/C18H27NO5S/c1-2-23-13-12-19-25(21,22)17-10-8-16(9-11-17)18(20)24-14-15-6-4-3-5-7-15/h3-7,16-17,19H,2,8-14H2,1H3. The molecule has 7 heteroatoms. The number of benzene rings is 1. The molecule has 6 nitrogen and oxygen atoms in total. The van der Waals surface area contributed by atoms with E-state index in [1.807, 2.05) is 37.3 Å². The van der Waals surface area contributed by atoms with Crippen LogP contribution in [0.1, 0.15) is 38.2 Å². The van der Waals surface area contributed by atoms with Gasteiger partial charge in [-0.25, -0.2) is 13.1 Å². The first kappa shape index (κ1) is 19.9. The molecule has 1 aliphatic rings. The molecule has 25 heavy (non-hydrogen) atoms. The summed E-state index contributed by atoms with van der Waals surface area (Å²) in [5.74, 6) is -0.442. The Hall–Kier alpha value is -1.44. The van der Waals surface area contributed by atoms with Crippen molar-refractivity contribution < 1.29 is 22.7 Å². The highest BCUT2D eigenvalue weighted by Gasteiger charge is 2.33. The highest BCUT2D eigenvalue weighted by molar-refractivity contribution is 7.90. The van der Waals surface area contributed by atoms with Gasteiger partial charge >= 0.3 is 5.97 Å². The van der Waals surface area contributed by atoms with Crippen molar-refractivity contribution in [2.24, 2.45) is 5.92 Å². The van der Waals surface area contributed by atoms with Gasteiger partial charge in [0.1, 0.15) is 6.61 Å². The minimum Gasteiger partial charge on any atom is -0.461 e. The fourth-order valence-electron chi connectivity index (χ4n) is 2.97. The van der Waals surface area contributed by atoms with Crippen LogP contribution < -0.4 is 4.72 Å². The van der Waals surface area contributed by atoms with Crippen LogP contribution in [0.3, 0.4) is 0 Å². The third-order valence-corrected chi connectivity index (χ3v) is 6.38. The molecule has 0 atom stereocenters. The Bertz CT molecular complexity index is 624. The Morgan fingerprint density at radius 3 is 2.48 bits per heavy atom. The van der Waals surface area contributed by atoms with E-state index in [1.165, 1.54) is 0 Å². The Labute approximate surface area is 150 Å². The quantitative estimate of drug-likeness (QED) is 0.533. The Morgan fingerprint density at radius 2 is 1.84 bits per heavy atom. The second-order valence-electron chi connectivity index (χ2n) is 6.20. The smallest absolute Gasteiger partial charge is 0.309 e. The average Bonchev–Trinajstić information content (AvgIpc) is 2.64. The van der Waals surface area contributed by atoms with Gasteiger partial charge in [0, 0.05) is 13.2 Å². The molecule has 0 spiro atoms. The van der Waals surface area contributed by atoms with Crippen LogP contribution in [-0.2, 0) is 30.9 Å². The van der Waals surface area contributed by atoms with Crippen LogP contribution in [-0.4, -0.2) is 39.4 Å². The maximum Gasteiger partial charge on any atom is 0.309 e. The summed E-state index contributed by atoms with van der Waals surface area (Å²) in [6.07, 6.45) is 2.06. The summed E-state index contributed by atoms with van der Waals surface area (Å²) >= 11 is 0. The number of sulfonamides is 1. The van der Waals surface area contributed by atoms with Crippen LogP contribution in [0.25, 0.3) is 0 Å². The van der Waals surface area contributed by atoms with Crippen molar-refractivity contribution in [1.29, 1.82) is 0 Å². The lowest BCUT2D eigenvalue weighted by Gasteiger charge is -2.27. The van der Waals surface area contributed by atoms with E-state index in [-0.39, 0.29) is 25.0 Å². The predicted molar refractivity (Wildman–Crippen MR) is 95.4 cm³/mol. The minimum absolute atomic E-state index is 0.210. The molecule has 0 heterocycles. The van der Waals surface area contributed by atoms with Gasteiger partial charge in [0.2, 0.25) is 10.0 Å². The molecule has 0 aliphatic heterocycles. The molecule has 0 aromatic heterocycles. The van der Waals surface area contributed by atoms with Crippen molar-refractivity contribution in [1.82, 2.24) is 4.72 Å². The summed E-state index contributed by atoms with van der Waals surface area (Å²) in [4.78, 5) is 12.2. The SMILES string of the molecule is CCOCCNS(=O)(=O)C1CCC(C(=O)OCc2ccccc2)CC1. The van der Waals surface area contributed by atoms with Crippen molar-refractivity contribution >= 4 is 16.0 Å². The monoisotopic (exact) mass is 369 g/mol. The molecule has 0 saturated heterocycles. The second-order valence-corrected chi connectivity index (χ2v) is 8.25. The van der Waals surface area contributed by atoms with E-state index in [0.717, 1.165) is 5.56 Å². The van der Waals surface area contributed by atoms with Crippen molar-refractivity contribution in [3.63, 3.8) is 0 Å². The highest BCUT2D eigenvalue weighted by atomic mass is 32.2. The first-order chi connectivity index (χ1) is 12.0. The molecule has 2 rings (SSSR count). The largest absolute Gasteiger partial charge is 0.461 e. The summed E-state index contributed by atoms with van der Waals surface area (Å²) in [7, 11) is -3.35. The van der Waals surface area contributed by atoms with Crippen LogP contribution in [0.2, 0.25) is 0 Å². The number of ether oxygens (including phenoxy) is 2.